The zero-order chi connectivity index (χ0) is 19.7. The summed E-state index contributed by atoms with van der Waals surface area (Å²) in [4.78, 5) is 4.48. The fourth-order valence-electron chi connectivity index (χ4n) is 3.36. The molecule has 4 heteroatoms. The summed E-state index contributed by atoms with van der Waals surface area (Å²) >= 11 is 0. The van der Waals surface area contributed by atoms with E-state index in [1.807, 2.05) is 26.0 Å². The van der Waals surface area contributed by atoms with E-state index in [2.05, 4.69) is 65.1 Å². The van der Waals surface area contributed by atoms with E-state index in [0.29, 0.717) is 11.4 Å². The maximum Gasteiger partial charge on any atom is 0.237 e. The molecule has 0 aliphatic carbocycles. The first-order chi connectivity index (χ1) is 13.6. The molecular weight excluding hydrogens is 346 g/mol. The molecular formula is C24H21N3O. The van der Waals surface area contributed by atoms with Crippen molar-refractivity contribution in [1.82, 2.24) is 4.57 Å². The van der Waals surface area contributed by atoms with Crippen LogP contribution >= 0.6 is 0 Å². The summed E-state index contributed by atoms with van der Waals surface area (Å²) in [5, 5.41) is 10.5. The number of nitriles is 1. The second-order valence-corrected chi connectivity index (χ2v) is 7.05. The molecule has 4 aromatic rings. The minimum absolute atomic E-state index is 0.368. The highest BCUT2D eigenvalue weighted by atomic mass is 16.4. The van der Waals surface area contributed by atoms with Crippen LogP contribution in [0.5, 0.6) is 0 Å². The summed E-state index contributed by atoms with van der Waals surface area (Å²) in [5.74, 6) is 1.10. The maximum atomic E-state index is 9.38. The van der Waals surface area contributed by atoms with E-state index >= 15 is 0 Å². The molecule has 0 unspecified atom stereocenters. The fraction of sp³-hybridized carbons (Fsp3) is 0.167. The fourth-order valence-corrected chi connectivity index (χ4v) is 3.36. The molecule has 4 rings (SSSR count). The van der Waals surface area contributed by atoms with E-state index in [-0.39, 0.29) is 0 Å². The van der Waals surface area contributed by atoms with Gasteiger partial charge in [0.25, 0.3) is 0 Å². The Morgan fingerprint density at radius 1 is 1.07 bits per heavy atom. The molecule has 0 aliphatic heterocycles. The van der Waals surface area contributed by atoms with Gasteiger partial charge >= 0.3 is 0 Å². The van der Waals surface area contributed by atoms with Gasteiger partial charge in [-0.15, -0.1) is 0 Å². The largest absolute Gasteiger partial charge is 0.442 e. The monoisotopic (exact) mass is 367 g/mol. The van der Waals surface area contributed by atoms with Crippen LogP contribution in [0.25, 0.3) is 10.9 Å². The van der Waals surface area contributed by atoms with Crippen LogP contribution < -0.4 is 0 Å². The average Bonchev–Trinajstić information content (AvgIpc) is 3.19. The molecule has 0 fully saturated rings. The molecule has 0 spiro atoms. The lowest BCUT2D eigenvalue weighted by Gasteiger charge is -2.06. The Morgan fingerprint density at radius 3 is 2.57 bits per heavy atom. The number of rotatable bonds is 4. The molecule has 0 saturated carbocycles. The molecule has 138 valence electrons. The summed E-state index contributed by atoms with van der Waals surface area (Å²) in [7, 11) is 0. The normalized spacial score (nSPS) is 11.4. The number of aliphatic imine (C=N–C) groups is 1. The lowest BCUT2D eigenvalue weighted by atomic mass is 10.1. The van der Waals surface area contributed by atoms with Crippen molar-refractivity contribution in [3.05, 3.63) is 88.3 Å². The van der Waals surface area contributed by atoms with Gasteiger partial charge in [0.15, 0.2) is 0 Å². The van der Waals surface area contributed by atoms with Crippen molar-refractivity contribution in [2.45, 2.75) is 27.3 Å². The number of hydrogen-bond donors (Lipinski definition) is 0. The average molecular weight is 367 g/mol. The van der Waals surface area contributed by atoms with E-state index in [0.717, 1.165) is 34.3 Å². The molecule has 2 aromatic carbocycles. The number of aromatic nitrogens is 1. The van der Waals surface area contributed by atoms with Crippen molar-refractivity contribution >= 4 is 23.0 Å². The first-order valence-corrected chi connectivity index (χ1v) is 9.24. The van der Waals surface area contributed by atoms with E-state index in [9.17, 15) is 5.26 Å². The summed E-state index contributed by atoms with van der Waals surface area (Å²) < 4.78 is 7.88. The topological polar surface area (TPSA) is 54.2 Å². The van der Waals surface area contributed by atoms with Gasteiger partial charge in [-0.25, -0.2) is 4.99 Å². The van der Waals surface area contributed by atoms with E-state index < -0.39 is 0 Å². The molecule has 0 bridgehead atoms. The van der Waals surface area contributed by atoms with Gasteiger partial charge in [-0.1, -0.05) is 48.0 Å². The van der Waals surface area contributed by atoms with Crippen LogP contribution in [0.2, 0.25) is 0 Å². The molecule has 2 aromatic heterocycles. The summed E-state index contributed by atoms with van der Waals surface area (Å²) in [6.45, 7) is 6.61. The molecule has 28 heavy (non-hydrogen) atoms. The van der Waals surface area contributed by atoms with Crippen molar-refractivity contribution in [2.75, 3.05) is 0 Å². The van der Waals surface area contributed by atoms with E-state index in [4.69, 9.17) is 4.42 Å². The van der Waals surface area contributed by atoms with Crippen LogP contribution in [-0.4, -0.2) is 10.8 Å². The molecule has 0 aliphatic rings. The van der Waals surface area contributed by atoms with Crippen LogP contribution in [0, 0.1) is 32.1 Å². The van der Waals surface area contributed by atoms with Gasteiger partial charge in [0.05, 0.1) is 0 Å². The first kappa shape index (κ1) is 17.8. The van der Waals surface area contributed by atoms with E-state index in [1.165, 1.54) is 11.1 Å². The second-order valence-electron chi connectivity index (χ2n) is 7.05. The third-order valence-corrected chi connectivity index (χ3v) is 5.09. The number of para-hydroxylation sites is 1. The smallest absolute Gasteiger partial charge is 0.237 e. The third-order valence-electron chi connectivity index (χ3n) is 5.09. The van der Waals surface area contributed by atoms with Gasteiger partial charge in [0, 0.05) is 41.0 Å². The van der Waals surface area contributed by atoms with Gasteiger partial charge in [0.2, 0.25) is 5.88 Å². The first-order valence-electron chi connectivity index (χ1n) is 9.24. The Bertz CT molecular complexity index is 1220. The SMILES string of the molecule is Cc1ccc(Cn2cc(C=Nc3oc(C)c(C)c3C#N)c3ccccc32)cc1. The summed E-state index contributed by atoms with van der Waals surface area (Å²) in [6, 6.07) is 19.0. The van der Waals surface area contributed by atoms with Gasteiger partial charge in [0.1, 0.15) is 17.4 Å². The minimum Gasteiger partial charge on any atom is -0.442 e. The number of nitrogens with zero attached hydrogens (tertiary/aromatic N) is 3. The molecule has 0 atom stereocenters. The van der Waals surface area contributed by atoms with Crippen molar-refractivity contribution in [3.63, 3.8) is 0 Å². The number of fused-ring (bicyclic) bond motifs is 1. The number of aryl methyl sites for hydroxylation is 2. The summed E-state index contributed by atoms with van der Waals surface area (Å²) in [6.07, 6.45) is 3.88. The highest BCUT2D eigenvalue weighted by molar-refractivity contribution is 6.00. The number of furan rings is 1. The second kappa shape index (κ2) is 7.21. The Balaban J connectivity index is 1.73. The van der Waals surface area contributed by atoms with Crippen LogP contribution in [0.4, 0.5) is 5.88 Å². The van der Waals surface area contributed by atoms with Crippen molar-refractivity contribution < 1.29 is 4.42 Å². The van der Waals surface area contributed by atoms with Crippen molar-refractivity contribution in [3.8, 4) is 6.07 Å². The predicted octanol–water partition coefficient (Wildman–Crippen LogP) is 5.83. The third kappa shape index (κ3) is 3.23. The molecule has 0 amide bonds. The zero-order valence-electron chi connectivity index (χ0n) is 16.2. The molecule has 4 nitrogen and oxygen atoms in total. The van der Waals surface area contributed by atoms with Gasteiger partial charge in [-0.2, -0.15) is 5.26 Å². The molecule has 0 N–H and O–H groups in total. The standard InChI is InChI=1S/C24H21N3O/c1-16-8-10-19(11-9-16)14-27-15-20(21-6-4-5-7-23(21)27)13-26-24-22(12-25)17(2)18(3)28-24/h4-11,13,15H,14H2,1-3H3. The van der Waals surface area contributed by atoms with Gasteiger partial charge in [-0.3, -0.25) is 0 Å². The van der Waals surface area contributed by atoms with Crippen molar-refractivity contribution in [2.24, 2.45) is 4.99 Å². The quantitative estimate of drug-likeness (QED) is 0.426. The Labute approximate surface area is 164 Å². The predicted molar refractivity (Wildman–Crippen MR) is 112 cm³/mol. The molecule has 0 saturated heterocycles. The minimum atomic E-state index is 0.368. The molecule has 0 radical (unpaired) electrons. The highest BCUT2D eigenvalue weighted by Crippen LogP contribution is 2.28. The van der Waals surface area contributed by atoms with Crippen LogP contribution in [0.1, 0.15) is 33.6 Å². The summed E-state index contributed by atoms with van der Waals surface area (Å²) in [5.41, 5.74) is 5.99. The highest BCUT2D eigenvalue weighted by Gasteiger charge is 2.13. The van der Waals surface area contributed by atoms with E-state index in [1.54, 1.807) is 6.21 Å². The Kier molecular flexibility index (Phi) is 4.58. The maximum absolute atomic E-state index is 9.38. The van der Waals surface area contributed by atoms with Crippen LogP contribution in [-0.2, 0) is 6.54 Å². The zero-order valence-corrected chi connectivity index (χ0v) is 16.2. The van der Waals surface area contributed by atoms with Gasteiger partial charge in [-0.05, 0) is 32.4 Å². The number of hydrogen-bond acceptors (Lipinski definition) is 3. The van der Waals surface area contributed by atoms with Crippen LogP contribution in [0.3, 0.4) is 0 Å². The lowest BCUT2D eigenvalue weighted by Crippen LogP contribution is -1.97. The molecule has 2 heterocycles. The van der Waals surface area contributed by atoms with Crippen molar-refractivity contribution in [1.29, 1.82) is 5.26 Å². The Hall–Kier alpha value is -3.58. The van der Waals surface area contributed by atoms with Gasteiger partial charge < -0.3 is 8.98 Å². The lowest BCUT2D eigenvalue weighted by molar-refractivity contribution is 0.542. The number of benzene rings is 2. The van der Waals surface area contributed by atoms with Crippen LogP contribution in [0.15, 0.2) is 64.1 Å². The Morgan fingerprint density at radius 2 is 1.82 bits per heavy atom.